The average molecular weight is 495 g/mol. The number of carbonyl (C=O) groups excluding carboxylic acids is 1. The van der Waals surface area contributed by atoms with Crippen LogP contribution in [0.2, 0.25) is 5.02 Å². The molecule has 5 rings (SSSR count). The second-order valence-corrected chi connectivity index (χ2v) is 9.99. The van der Waals surface area contributed by atoms with Crippen molar-refractivity contribution in [1.29, 1.82) is 0 Å². The standard InChI is InChI=1S/C24H19ClN4O2S2/c1-4-13-28-22(31)20(24-27(3)17-7-5-6-8-18(17)32-24)33-23(28)19-14(2)26-29(21(19)30)16-11-9-15(25)10-12-16/h4-12H,1,13H2,2-3H3/b23-19?,24-20-. The van der Waals surface area contributed by atoms with Crippen LogP contribution in [0.3, 0.4) is 0 Å². The number of allylic oxidation sites excluding steroid dienone is 1. The van der Waals surface area contributed by atoms with Crippen molar-refractivity contribution in [2.45, 2.75) is 18.4 Å². The van der Waals surface area contributed by atoms with Gasteiger partial charge in [-0.2, -0.15) is 10.1 Å². The average Bonchev–Trinajstić information content (AvgIpc) is 3.41. The van der Waals surface area contributed by atoms with E-state index in [-0.39, 0.29) is 11.5 Å². The third kappa shape index (κ3) is 3.55. The van der Waals surface area contributed by atoms with Crippen molar-refractivity contribution >= 4 is 68.3 Å². The predicted molar refractivity (Wildman–Crippen MR) is 138 cm³/mol. The maximum atomic E-state index is 13.5. The van der Waals surface area contributed by atoms with E-state index in [0.717, 1.165) is 15.6 Å². The van der Waals surface area contributed by atoms with Crippen LogP contribution in [0.25, 0.3) is 10.6 Å². The fraction of sp³-hybridized carbons (Fsp3) is 0.125. The summed E-state index contributed by atoms with van der Waals surface area (Å²) in [6, 6.07) is 14.9. The Kier molecular flexibility index (Phi) is 5.52. The van der Waals surface area contributed by atoms with Gasteiger partial charge in [0.2, 0.25) is 0 Å². The Morgan fingerprint density at radius 2 is 1.85 bits per heavy atom. The lowest BCUT2D eigenvalue weighted by Crippen LogP contribution is -2.35. The van der Waals surface area contributed by atoms with Crippen LogP contribution in [0.15, 0.2) is 76.0 Å². The molecule has 2 aromatic carbocycles. The van der Waals surface area contributed by atoms with E-state index in [9.17, 15) is 9.59 Å². The van der Waals surface area contributed by atoms with E-state index >= 15 is 0 Å². The Labute approximate surface area is 203 Å². The molecular formula is C24H19ClN4O2S2. The van der Waals surface area contributed by atoms with Crippen molar-refractivity contribution in [2.24, 2.45) is 5.10 Å². The van der Waals surface area contributed by atoms with Crippen LogP contribution in [0.5, 0.6) is 0 Å². The van der Waals surface area contributed by atoms with Gasteiger partial charge in [-0.15, -0.1) is 17.9 Å². The highest BCUT2D eigenvalue weighted by molar-refractivity contribution is 8.08. The van der Waals surface area contributed by atoms with Crippen LogP contribution in [-0.2, 0) is 11.3 Å². The van der Waals surface area contributed by atoms with Gasteiger partial charge in [-0.25, -0.2) is 0 Å². The molecule has 0 atom stereocenters. The van der Waals surface area contributed by atoms with Gasteiger partial charge in [-0.05, 0) is 43.3 Å². The zero-order valence-corrected chi connectivity index (χ0v) is 20.3. The first-order valence-electron chi connectivity index (χ1n) is 10.2. The molecule has 1 aromatic heterocycles. The molecule has 166 valence electrons. The molecular weight excluding hydrogens is 476 g/mol. The molecule has 0 N–H and O–H groups in total. The number of benzene rings is 2. The molecule has 2 aliphatic heterocycles. The van der Waals surface area contributed by atoms with Gasteiger partial charge in [0.1, 0.15) is 14.2 Å². The summed E-state index contributed by atoms with van der Waals surface area (Å²) >= 11 is 8.87. The monoisotopic (exact) mass is 494 g/mol. The minimum absolute atomic E-state index is 0.143. The number of rotatable bonds is 3. The Morgan fingerprint density at radius 3 is 2.55 bits per heavy atom. The molecule has 0 aliphatic carbocycles. The normalized spacial score (nSPS) is 18.6. The summed E-state index contributed by atoms with van der Waals surface area (Å²) in [5.74, 6) is -0.277. The molecule has 0 saturated heterocycles. The molecule has 6 nitrogen and oxygen atoms in total. The molecule has 2 aliphatic rings. The van der Waals surface area contributed by atoms with Crippen molar-refractivity contribution in [2.75, 3.05) is 17.0 Å². The lowest BCUT2D eigenvalue weighted by Gasteiger charge is -2.11. The number of amides is 1. The van der Waals surface area contributed by atoms with Crippen molar-refractivity contribution in [3.8, 4) is 0 Å². The van der Waals surface area contributed by atoms with Gasteiger partial charge in [0, 0.05) is 23.5 Å². The summed E-state index contributed by atoms with van der Waals surface area (Å²) < 4.78 is 2.78. The number of para-hydroxylation sites is 1. The fourth-order valence-corrected chi connectivity index (χ4v) is 6.51. The van der Waals surface area contributed by atoms with Gasteiger partial charge in [0.25, 0.3) is 11.5 Å². The summed E-state index contributed by atoms with van der Waals surface area (Å²) in [7, 11) is 1.95. The fourth-order valence-electron chi connectivity index (χ4n) is 3.84. The first-order chi connectivity index (χ1) is 15.9. The van der Waals surface area contributed by atoms with E-state index in [1.54, 1.807) is 53.6 Å². The van der Waals surface area contributed by atoms with E-state index in [0.29, 0.717) is 37.7 Å². The highest BCUT2D eigenvalue weighted by Gasteiger charge is 2.32. The second-order valence-electron chi connectivity index (χ2n) is 7.53. The Balaban J connectivity index is 1.72. The van der Waals surface area contributed by atoms with Crippen LogP contribution in [0.1, 0.15) is 6.92 Å². The molecule has 9 heteroatoms. The second kappa shape index (κ2) is 8.37. The molecule has 3 heterocycles. The number of thiazole rings is 1. The zero-order valence-electron chi connectivity index (χ0n) is 17.9. The van der Waals surface area contributed by atoms with Crippen LogP contribution in [0.4, 0.5) is 11.4 Å². The van der Waals surface area contributed by atoms with E-state index < -0.39 is 0 Å². The summed E-state index contributed by atoms with van der Waals surface area (Å²) in [6.07, 6.45) is 1.66. The minimum atomic E-state index is -0.277. The largest absolute Gasteiger partial charge is 0.337 e. The molecule has 0 fully saturated rings. The SMILES string of the molecule is C=CCn1c(=C2C(=O)N(c3ccc(Cl)cc3)N=C2C)s/c(=C2\Sc3ccccc3N2C)c1=O. The van der Waals surface area contributed by atoms with Gasteiger partial charge < -0.3 is 4.90 Å². The van der Waals surface area contributed by atoms with Crippen molar-refractivity contribution in [3.05, 3.63) is 85.8 Å². The minimum Gasteiger partial charge on any atom is -0.337 e. The lowest BCUT2D eigenvalue weighted by molar-refractivity contribution is -0.112. The highest BCUT2D eigenvalue weighted by atomic mass is 35.5. The number of anilines is 2. The smallest absolute Gasteiger partial charge is 0.283 e. The number of hydrazone groups is 1. The summed E-state index contributed by atoms with van der Waals surface area (Å²) in [5.41, 5.74) is 2.50. The lowest BCUT2D eigenvalue weighted by atomic mass is 10.2. The molecule has 0 saturated carbocycles. The van der Waals surface area contributed by atoms with Crippen LogP contribution >= 0.6 is 34.7 Å². The molecule has 33 heavy (non-hydrogen) atoms. The molecule has 1 amide bonds. The summed E-state index contributed by atoms with van der Waals surface area (Å²) in [4.78, 5) is 30.0. The van der Waals surface area contributed by atoms with Crippen molar-refractivity contribution in [3.63, 3.8) is 0 Å². The van der Waals surface area contributed by atoms with Crippen LogP contribution in [0, 0.1) is 0 Å². The highest BCUT2D eigenvalue weighted by Crippen LogP contribution is 2.44. The third-order valence-corrected chi connectivity index (χ3v) is 8.24. The number of nitrogens with zero attached hydrogens (tertiary/aromatic N) is 4. The van der Waals surface area contributed by atoms with Crippen molar-refractivity contribution in [1.82, 2.24) is 4.57 Å². The number of carbonyl (C=O) groups is 1. The molecule has 0 bridgehead atoms. The molecule has 0 unspecified atom stereocenters. The van der Waals surface area contributed by atoms with Gasteiger partial charge >= 0.3 is 0 Å². The zero-order chi connectivity index (χ0) is 23.3. The van der Waals surface area contributed by atoms with E-state index in [2.05, 4.69) is 11.7 Å². The first kappa shape index (κ1) is 21.8. The Bertz CT molecular complexity index is 1520. The Morgan fingerprint density at radius 1 is 1.12 bits per heavy atom. The number of hydrogen-bond acceptors (Lipinski definition) is 6. The number of thioether (sulfide) groups is 1. The number of aromatic nitrogens is 1. The van der Waals surface area contributed by atoms with Crippen LogP contribution in [-0.4, -0.2) is 23.2 Å². The molecule has 3 aromatic rings. The maximum Gasteiger partial charge on any atom is 0.283 e. The van der Waals surface area contributed by atoms with Gasteiger partial charge in [0.05, 0.1) is 22.7 Å². The van der Waals surface area contributed by atoms with E-state index in [1.807, 2.05) is 36.2 Å². The topological polar surface area (TPSA) is 57.9 Å². The van der Waals surface area contributed by atoms with Gasteiger partial charge in [-0.1, -0.05) is 41.6 Å². The quantitative estimate of drug-likeness (QED) is 0.522. The number of hydrogen-bond donors (Lipinski definition) is 0. The third-order valence-electron chi connectivity index (χ3n) is 5.43. The summed E-state index contributed by atoms with van der Waals surface area (Å²) in [5, 5.41) is 7.26. The van der Waals surface area contributed by atoms with E-state index in [4.69, 9.17) is 11.6 Å². The van der Waals surface area contributed by atoms with E-state index in [1.165, 1.54) is 16.3 Å². The molecule has 0 spiro atoms. The van der Waals surface area contributed by atoms with Crippen LogP contribution < -0.4 is 24.7 Å². The number of halogens is 1. The predicted octanol–water partition coefficient (Wildman–Crippen LogP) is 3.63. The first-order valence-corrected chi connectivity index (χ1v) is 12.2. The van der Waals surface area contributed by atoms with Gasteiger partial charge in [-0.3, -0.25) is 14.2 Å². The summed E-state index contributed by atoms with van der Waals surface area (Å²) in [6.45, 7) is 5.88. The maximum absolute atomic E-state index is 13.5. The molecule has 0 radical (unpaired) electrons. The Hall–Kier alpha value is -3.07. The number of fused-ring (bicyclic) bond motifs is 1. The van der Waals surface area contributed by atoms with Crippen molar-refractivity contribution < 1.29 is 4.79 Å². The van der Waals surface area contributed by atoms with Gasteiger partial charge in [0.15, 0.2) is 0 Å².